The van der Waals surface area contributed by atoms with Gasteiger partial charge in [-0.2, -0.15) is 11.8 Å². The van der Waals surface area contributed by atoms with E-state index in [-0.39, 0.29) is 5.91 Å². The molecule has 90 valence electrons. The Morgan fingerprint density at radius 1 is 1.59 bits per heavy atom. The van der Waals surface area contributed by atoms with E-state index in [9.17, 15) is 4.79 Å². The second kappa shape index (κ2) is 5.37. The second-order valence-corrected chi connectivity index (χ2v) is 5.55. The van der Waals surface area contributed by atoms with Gasteiger partial charge in [-0.1, -0.05) is 11.3 Å². The van der Waals surface area contributed by atoms with Gasteiger partial charge in [-0.3, -0.25) is 4.79 Å². The van der Waals surface area contributed by atoms with Crippen LogP contribution >= 0.6 is 23.1 Å². The molecule has 1 amide bonds. The van der Waals surface area contributed by atoms with Gasteiger partial charge in [0.05, 0.1) is 10.2 Å². The number of nitrogens with two attached hydrogens (primary N) is 1. The number of rotatable bonds is 4. The number of benzene rings is 1. The highest BCUT2D eigenvalue weighted by molar-refractivity contribution is 7.98. The molecule has 17 heavy (non-hydrogen) atoms. The molecule has 0 aliphatic carbocycles. The minimum absolute atomic E-state index is 0.00591. The third-order valence-electron chi connectivity index (χ3n) is 2.19. The monoisotopic (exact) mass is 267 g/mol. The van der Waals surface area contributed by atoms with Gasteiger partial charge in [0.25, 0.3) is 0 Å². The van der Waals surface area contributed by atoms with Gasteiger partial charge >= 0.3 is 0 Å². The van der Waals surface area contributed by atoms with Crippen molar-refractivity contribution in [3.05, 3.63) is 18.2 Å². The summed E-state index contributed by atoms with van der Waals surface area (Å²) in [5, 5.41) is 3.44. The van der Waals surface area contributed by atoms with Crippen molar-refractivity contribution in [1.82, 2.24) is 4.98 Å². The molecule has 0 aliphatic rings. The van der Waals surface area contributed by atoms with Crippen LogP contribution in [-0.2, 0) is 4.79 Å². The number of amides is 1. The number of nitrogen functional groups attached to an aromatic ring is 1. The third kappa shape index (κ3) is 3.10. The van der Waals surface area contributed by atoms with Crippen molar-refractivity contribution in [1.29, 1.82) is 0 Å². The first-order valence-corrected chi connectivity index (χ1v) is 7.35. The average molecular weight is 267 g/mol. The van der Waals surface area contributed by atoms with E-state index in [2.05, 4.69) is 10.3 Å². The lowest BCUT2D eigenvalue weighted by Crippen LogP contribution is -2.11. The van der Waals surface area contributed by atoms with Gasteiger partial charge < -0.3 is 11.1 Å². The van der Waals surface area contributed by atoms with Crippen LogP contribution in [0.25, 0.3) is 10.2 Å². The molecule has 3 N–H and O–H groups in total. The van der Waals surface area contributed by atoms with E-state index < -0.39 is 0 Å². The van der Waals surface area contributed by atoms with E-state index >= 15 is 0 Å². The molecule has 0 fully saturated rings. The van der Waals surface area contributed by atoms with Crippen molar-refractivity contribution < 1.29 is 4.79 Å². The third-order valence-corrected chi connectivity index (χ3v) is 3.74. The molecule has 0 bridgehead atoms. The van der Waals surface area contributed by atoms with Gasteiger partial charge in [-0.15, -0.1) is 0 Å². The van der Waals surface area contributed by atoms with Gasteiger partial charge in [-0.25, -0.2) is 4.98 Å². The fourth-order valence-electron chi connectivity index (χ4n) is 1.37. The largest absolute Gasteiger partial charge is 0.399 e. The average Bonchev–Trinajstić information content (AvgIpc) is 2.67. The van der Waals surface area contributed by atoms with Crippen molar-refractivity contribution in [3.8, 4) is 0 Å². The van der Waals surface area contributed by atoms with Crippen LogP contribution in [0.4, 0.5) is 10.8 Å². The Labute approximate surface area is 108 Å². The molecule has 1 aromatic heterocycles. The maximum atomic E-state index is 11.5. The first kappa shape index (κ1) is 12.2. The van der Waals surface area contributed by atoms with Crippen LogP contribution in [0.2, 0.25) is 0 Å². The molecule has 1 heterocycles. The molecule has 0 saturated heterocycles. The molecule has 2 rings (SSSR count). The van der Waals surface area contributed by atoms with Crippen molar-refractivity contribution in [3.63, 3.8) is 0 Å². The molecule has 2 aromatic rings. The van der Waals surface area contributed by atoms with Crippen LogP contribution in [0.1, 0.15) is 6.42 Å². The predicted molar refractivity (Wildman–Crippen MR) is 75.7 cm³/mol. The summed E-state index contributed by atoms with van der Waals surface area (Å²) in [6.07, 6.45) is 2.49. The highest BCUT2D eigenvalue weighted by Crippen LogP contribution is 2.27. The van der Waals surface area contributed by atoms with E-state index in [1.165, 1.54) is 11.3 Å². The minimum atomic E-state index is 0.00591. The molecule has 0 atom stereocenters. The minimum Gasteiger partial charge on any atom is -0.399 e. The molecule has 4 nitrogen and oxygen atoms in total. The standard InChI is InChI=1S/C11H13N3OS2/c1-16-5-4-10(15)14-11-13-8-3-2-7(12)6-9(8)17-11/h2-3,6H,4-5,12H2,1H3,(H,13,14,15). The van der Waals surface area contributed by atoms with E-state index in [4.69, 9.17) is 5.73 Å². The van der Waals surface area contributed by atoms with Crippen LogP contribution in [-0.4, -0.2) is 22.9 Å². The van der Waals surface area contributed by atoms with Gasteiger partial charge in [-0.05, 0) is 24.5 Å². The van der Waals surface area contributed by atoms with Crippen LogP contribution in [0.15, 0.2) is 18.2 Å². The topological polar surface area (TPSA) is 68.0 Å². The number of carbonyl (C=O) groups is 1. The summed E-state index contributed by atoms with van der Waals surface area (Å²) in [6, 6.07) is 5.53. The number of anilines is 2. The number of hydrogen-bond donors (Lipinski definition) is 2. The van der Waals surface area contributed by atoms with Gasteiger partial charge in [0.1, 0.15) is 0 Å². The molecular formula is C11H13N3OS2. The Morgan fingerprint density at radius 2 is 2.41 bits per heavy atom. The van der Waals surface area contributed by atoms with E-state index in [1.54, 1.807) is 17.8 Å². The zero-order valence-electron chi connectivity index (χ0n) is 9.40. The maximum absolute atomic E-state index is 11.5. The molecule has 0 radical (unpaired) electrons. The number of nitrogens with zero attached hydrogens (tertiary/aromatic N) is 1. The lowest BCUT2D eigenvalue weighted by atomic mass is 10.3. The Balaban J connectivity index is 2.11. The van der Waals surface area contributed by atoms with Crippen molar-refractivity contribution in [2.75, 3.05) is 23.1 Å². The summed E-state index contributed by atoms with van der Waals surface area (Å²) in [4.78, 5) is 15.9. The molecule has 0 aliphatic heterocycles. The summed E-state index contributed by atoms with van der Waals surface area (Å²) in [5.74, 6) is 0.829. The Hall–Kier alpha value is -1.27. The van der Waals surface area contributed by atoms with Crippen molar-refractivity contribution >= 4 is 50.0 Å². The molecule has 1 aromatic carbocycles. The first-order chi connectivity index (χ1) is 8.19. The fourth-order valence-corrected chi connectivity index (χ4v) is 2.69. The molecule has 0 saturated carbocycles. The number of carbonyl (C=O) groups excluding carboxylic acids is 1. The van der Waals surface area contributed by atoms with Crippen LogP contribution in [0.5, 0.6) is 0 Å². The van der Waals surface area contributed by atoms with E-state index in [0.29, 0.717) is 17.2 Å². The predicted octanol–water partition coefficient (Wildman–Crippen LogP) is 2.57. The highest BCUT2D eigenvalue weighted by Gasteiger charge is 2.07. The Kier molecular flexibility index (Phi) is 3.86. The first-order valence-electron chi connectivity index (χ1n) is 5.14. The number of fused-ring (bicyclic) bond motifs is 1. The summed E-state index contributed by atoms with van der Waals surface area (Å²) in [6.45, 7) is 0. The molecule has 0 spiro atoms. The summed E-state index contributed by atoms with van der Waals surface area (Å²) in [7, 11) is 0. The maximum Gasteiger partial charge on any atom is 0.226 e. The summed E-state index contributed by atoms with van der Waals surface area (Å²) >= 11 is 3.10. The van der Waals surface area contributed by atoms with Crippen LogP contribution in [0.3, 0.4) is 0 Å². The zero-order valence-corrected chi connectivity index (χ0v) is 11.0. The van der Waals surface area contributed by atoms with Gasteiger partial charge in [0, 0.05) is 17.9 Å². The van der Waals surface area contributed by atoms with E-state index in [1.807, 2.05) is 18.4 Å². The van der Waals surface area contributed by atoms with Crippen molar-refractivity contribution in [2.45, 2.75) is 6.42 Å². The normalized spacial score (nSPS) is 10.6. The molecular weight excluding hydrogens is 254 g/mol. The smallest absolute Gasteiger partial charge is 0.226 e. The molecule has 6 heteroatoms. The number of thiazole rings is 1. The quantitative estimate of drug-likeness (QED) is 0.835. The van der Waals surface area contributed by atoms with Crippen LogP contribution < -0.4 is 11.1 Å². The zero-order chi connectivity index (χ0) is 12.3. The SMILES string of the molecule is CSCCC(=O)Nc1nc2ccc(N)cc2s1. The van der Waals surface area contributed by atoms with Crippen molar-refractivity contribution in [2.24, 2.45) is 0 Å². The fraction of sp³-hybridized carbons (Fsp3) is 0.273. The summed E-state index contributed by atoms with van der Waals surface area (Å²) < 4.78 is 0.991. The second-order valence-electron chi connectivity index (χ2n) is 3.54. The van der Waals surface area contributed by atoms with Gasteiger partial charge in [0.15, 0.2) is 5.13 Å². The number of thioether (sulfide) groups is 1. The Morgan fingerprint density at radius 3 is 3.18 bits per heavy atom. The number of nitrogens with one attached hydrogen (secondary N) is 1. The Bertz CT molecular complexity index is 538. The van der Waals surface area contributed by atoms with Crippen LogP contribution in [0, 0.1) is 0 Å². The number of aromatic nitrogens is 1. The lowest BCUT2D eigenvalue weighted by molar-refractivity contribution is -0.115. The van der Waals surface area contributed by atoms with Gasteiger partial charge in [0.2, 0.25) is 5.91 Å². The molecule has 0 unspecified atom stereocenters. The highest BCUT2D eigenvalue weighted by atomic mass is 32.2. The lowest BCUT2D eigenvalue weighted by Gasteiger charge is -1.98. The summed E-state index contributed by atoms with van der Waals surface area (Å²) in [5.41, 5.74) is 7.26. The number of hydrogen-bond acceptors (Lipinski definition) is 5. The van der Waals surface area contributed by atoms with E-state index in [0.717, 1.165) is 16.0 Å².